The average Bonchev–Trinajstić information content (AvgIpc) is 3.36. The normalized spacial score (nSPS) is 14.6. The minimum Gasteiger partial charge on any atom is -0.487 e. The highest BCUT2D eigenvalue weighted by Crippen LogP contribution is 2.31. The number of thiazole rings is 1. The third-order valence-electron chi connectivity index (χ3n) is 5.92. The zero-order valence-electron chi connectivity index (χ0n) is 19.5. The van der Waals surface area contributed by atoms with Crippen molar-refractivity contribution in [2.24, 2.45) is 16.8 Å². The highest BCUT2D eigenvalue weighted by molar-refractivity contribution is 7.09. The third-order valence-corrected chi connectivity index (χ3v) is 6.98. The van der Waals surface area contributed by atoms with Gasteiger partial charge in [-0.25, -0.2) is 20.8 Å². The van der Waals surface area contributed by atoms with Gasteiger partial charge < -0.3 is 15.5 Å². The van der Waals surface area contributed by atoms with Gasteiger partial charge in [-0.05, 0) is 55.5 Å². The molecule has 34 heavy (non-hydrogen) atoms. The van der Waals surface area contributed by atoms with Crippen LogP contribution in [-0.4, -0.2) is 34.4 Å². The summed E-state index contributed by atoms with van der Waals surface area (Å²) in [5.41, 5.74) is 2.94. The molecule has 0 radical (unpaired) electrons. The molecule has 0 aliphatic carbocycles. The van der Waals surface area contributed by atoms with Gasteiger partial charge in [0.15, 0.2) is 0 Å². The number of aromatic nitrogens is 3. The van der Waals surface area contributed by atoms with Gasteiger partial charge in [0, 0.05) is 36.8 Å². The minimum absolute atomic E-state index is 0.434. The molecule has 3 aromatic rings. The molecule has 1 aromatic carbocycles. The van der Waals surface area contributed by atoms with Gasteiger partial charge in [-0.15, -0.1) is 11.3 Å². The summed E-state index contributed by atoms with van der Waals surface area (Å²) in [5.74, 6) is 13.0. The fraction of sp³-hybridized carbons (Fsp3) is 0.417. The highest BCUT2D eigenvalue weighted by atomic mass is 32.1. The Hall–Kier alpha value is -3.24. The van der Waals surface area contributed by atoms with E-state index in [0.717, 1.165) is 55.4 Å². The van der Waals surface area contributed by atoms with Crippen LogP contribution < -0.4 is 26.3 Å². The molecule has 2 aromatic heterocycles. The van der Waals surface area contributed by atoms with Crippen LogP contribution in [0.1, 0.15) is 54.8 Å². The van der Waals surface area contributed by atoms with E-state index >= 15 is 0 Å². The van der Waals surface area contributed by atoms with E-state index in [1.807, 2.05) is 36.7 Å². The summed E-state index contributed by atoms with van der Waals surface area (Å²) in [6.07, 6.45) is 10.8. The van der Waals surface area contributed by atoms with Crippen LogP contribution in [0.3, 0.4) is 0 Å². The van der Waals surface area contributed by atoms with Crippen LogP contribution in [0.15, 0.2) is 47.1 Å². The first-order valence-electron chi connectivity index (χ1n) is 11.7. The van der Waals surface area contributed by atoms with E-state index in [9.17, 15) is 0 Å². The van der Waals surface area contributed by atoms with Gasteiger partial charge in [0.2, 0.25) is 5.95 Å². The number of hydrogen-bond acceptors (Lipinski definition) is 9. The summed E-state index contributed by atoms with van der Waals surface area (Å²) < 4.78 is 5.90. The number of nitrogens with two attached hydrogens (primary N) is 2. The minimum atomic E-state index is 0.434. The first-order valence-corrected chi connectivity index (χ1v) is 12.5. The summed E-state index contributed by atoms with van der Waals surface area (Å²) in [4.78, 5) is 16.3. The SMILES string of the molecule is CCCCc1cnc(N2CCC(c3nc(COc4ccc(N(N)/C=N\N)cc4)cs3)CC2)nc1. The lowest BCUT2D eigenvalue weighted by Crippen LogP contribution is -2.34. The Morgan fingerprint density at radius 2 is 1.94 bits per heavy atom. The number of hydrazine groups is 1. The van der Waals surface area contributed by atoms with Crippen LogP contribution in [0, 0.1) is 0 Å². The van der Waals surface area contributed by atoms with Crippen molar-refractivity contribution in [3.05, 3.63) is 58.3 Å². The van der Waals surface area contributed by atoms with Crippen molar-refractivity contribution in [1.29, 1.82) is 0 Å². The Morgan fingerprint density at radius 3 is 2.62 bits per heavy atom. The first-order chi connectivity index (χ1) is 16.7. The molecule has 4 N–H and O–H groups in total. The van der Waals surface area contributed by atoms with Crippen molar-refractivity contribution in [3.8, 4) is 5.75 Å². The van der Waals surface area contributed by atoms with Crippen LogP contribution >= 0.6 is 11.3 Å². The predicted molar refractivity (Wildman–Crippen MR) is 137 cm³/mol. The van der Waals surface area contributed by atoms with Crippen LogP contribution in [-0.2, 0) is 13.0 Å². The Morgan fingerprint density at radius 1 is 1.21 bits per heavy atom. The summed E-state index contributed by atoms with van der Waals surface area (Å²) >= 11 is 1.72. The molecule has 1 aliphatic heterocycles. The number of aryl methyl sites for hydroxylation is 1. The molecular formula is C24H32N8OS. The maximum absolute atomic E-state index is 5.90. The lowest BCUT2D eigenvalue weighted by molar-refractivity contribution is 0.301. The molecule has 3 heterocycles. The number of piperidine rings is 1. The maximum atomic E-state index is 5.90. The summed E-state index contributed by atoms with van der Waals surface area (Å²) in [6, 6.07) is 7.42. The Labute approximate surface area is 204 Å². The second kappa shape index (κ2) is 11.8. The quantitative estimate of drug-likeness (QED) is 0.195. The van der Waals surface area contributed by atoms with E-state index in [-0.39, 0.29) is 0 Å². The molecule has 0 unspecified atom stereocenters. The smallest absolute Gasteiger partial charge is 0.225 e. The largest absolute Gasteiger partial charge is 0.487 e. The number of nitrogens with zero attached hydrogens (tertiary/aromatic N) is 6. The van der Waals surface area contributed by atoms with Crippen LogP contribution in [0.25, 0.3) is 0 Å². The molecule has 0 bridgehead atoms. The van der Waals surface area contributed by atoms with Gasteiger partial charge >= 0.3 is 0 Å². The van der Waals surface area contributed by atoms with Crippen LogP contribution in [0.5, 0.6) is 5.75 Å². The van der Waals surface area contributed by atoms with Gasteiger partial charge in [-0.3, -0.25) is 5.01 Å². The van der Waals surface area contributed by atoms with E-state index in [4.69, 9.17) is 21.4 Å². The lowest BCUT2D eigenvalue weighted by atomic mass is 9.98. The highest BCUT2D eigenvalue weighted by Gasteiger charge is 2.24. The van der Waals surface area contributed by atoms with E-state index < -0.39 is 0 Å². The molecule has 0 amide bonds. The van der Waals surface area contributed by atoms with Crippen molar-refractivity contribution in [2.45, 2.75) is 51.6 Å². The molecule has 0 atom stereocenters. The van der Waals surface area contributed by atoms with Gasteiger partial charge in [-0.1, -0.05) is 13.3 Å². The van der Waals surface area contributed by atoms with Crippen LogP contribution in [0.4, 0.5) is 11.6 Å². The fourth-order valence-corrected chi connectivity index (χ4v) is 4.91. The standard InChI is InChI=1S/C24H32N8OS/c1-2-3-4-18-13-27-24(28-14-18)31-11-9-19(10-12-31)23-30-20(16-34-23)15-33-22-7-5-21(6-8-22)32(26)17-29-25/h5-8,13-14,16-17,19H,2-4,9-12,15,25-26H2,1H3/b29-17-. The lowest BCUT2D eigenvalue weighted by Gasteiger charge is -2.31. The molecule has 0 spiro atoms. The molecule has 0 saturated carbocycles. The Balaban J connectivity index is 1.25. The summed E-state index contributed by atoms with van der Waals surface area (Å²) in [6.45, 7) is 4.53. The number of unbranched alkanes of at least 4 members (excludes halogenated alkanes) is 1. The average molecular weight is 481 g/mol. The van der Waals surface area contributed by atoms with Crippen molar-refractivity contribution in [2.75, 3.05) is 23.0 Å². The van der Waals surface area contributed by atoms with Gasteiger partial charge in [0.25, 0.3) is 0 Å². The second-order valence-corrected chi connectivity index (χ2v) is 9.28. The number of rotatable bonds is 10. The maximum Gasteiger partial charge on any atom is 0.225 e. The summed E-state index contributed by atoms with van der Waals surface area (Å²) in [7, 11) is 0. The second-order valence-electron chi connectivity index (χ2n) is 8.39. The Bertz CT molecular complexity index is 1050. The fourth-order valence-electron chi connectivity index (χ4n) is 3.93. The van der Waals surface area contributed by atoms with Crippen molar-refractivity contribution in [1.82, 2.24) is 15.0 Å². The number of benzene rings is 1. The molecule has 9 nitrogen and oxygen atoms in total. The first kappa shape index (κ1) is 23.9. The third kappa shape index (κ3) is 6.21. The molecule has 1 saturated heterocycles. The van der Waals surface area contributed by atoms with E-state index in [0.29, 0.717) is 12.5 Å². The van der Waals surface area contributed by atoms with Gasteiger partial charge in [0.05, 0.1) is 16.4 Å². The molecule has 10 heteroatoms. The number of anilines is 2. The molecule has 1 fully saturated rings. The molecule has 4 rings (SSSR count). The van der Waals surface area contributed by atoms with E-state index in [2.05, 4.69) is 32.3 Å². The van der Waals surface area contributed by atoms with Gasteiger partial charge in [-0.2, -0.15) is 5.10 Å². The van der Waals surface area contributed by atoms with Crippen molar-refractivity contribution < 1.29 is 4.74 Å². The zero-order valence-corrected chi connectivity index (χ0v) is 20.3. The Kier molecular flexibility index (Phi) is 8.26. The number of hydrogen-bond donors (Lipinski definition) is 2. The topological polar surface area (TPSA) is 119 Å². The molecule has 1 aliphatic rings. The van der Waals surface area contributed by atoms with Crippen LogP contribution in [0.2, 0.25) is 0 Å². The van der Waals surface area contributed by atoms with E-state index in [1.165, 1.54) is 34.8 Å². The summed E-state index contributed by atoms with van der Waals surface area (Å²) in [5, 5.41) is 8.03. The van der Waals surface area contributed by atoms with Crippen molar-refractivity contribution in [3.63, 3.8) is 0 Å². The molecular weight excluding hydrogens is 448 g/mol. The number of ether oxygens (including phenoxy) is 1. The number of hydrazone groups is 1. The molecule has 180 valence electrons. The predicted octanol–water partition coefficient (Wildman–Crippen LogP) is 3.82. The van der Waals surface area contributed by atoms with E-state index in [1.54, 1.807) is 11.3 Å². The van der Waals surface area contributed by atoms with Crippen molar-refractivity contribution >= 4 is 29.3 Å². The monoisotopic (exact) mass is 480 g/mol. The van der Waals surface area contributed by atoms with Gasteiger partial charge in [0.1, 0.15) is 18.7 Å². The zero-order chi connectivity index (χ0) is 23.8.